The van der Waals surface area contributed by atoms with Gasteiger partial charge in [-0.1, -0.05) is 17.7 Å². The first kappa shape index (κ1) is 13.0. The van der Waals surface area contributed by atoms with E-state index in [2.05, 4.69) is 9.39 Å². The van der Waals surface area contributed by atoms with Crippen LogP contribution in [-0.2, 0) is 0 Å². The smallest absolute Gasteiger partial charge is 0.509 e. The zero-order chi connectivity index (χ0) is 12.3. The van der Waals surface area contributed by atoms with Crippen LogP contribution in [0.1, 0.15) is 0 Å². The Kier molecular flexibility index (Phi) is 3.90. The number of alkyl halides is 3. The molecule has 0 aliphatic heterocycles. The average Bonchev–Trinajstić information content (AvgIpc) is 2.08. The van der Waals surface area contributed by atoms with Crippen molar-refractivity contribution in [3.8, 4) is 11.5 Å². The lowest BCUT2D eigenvalue weighted by atomic mass is 10.2. The highest BCUT2D eigenvalue weighted by atomic mass is 35.5. The van der Waals surface area contributed by atoms with E-state index in [0.717, 1.165) is 12.1 Å². The molecule has 16 heavy (non-hydrogen) atoms. The molecule has 1 aromatic rings. The Morgan fingerprint density at radius 3 is 2.38 bits per heavy atom. The van der Waals surface area contributed by atoms with Crippen molar-refractivity contribution in [1.82, 2.24) is 0 Å². The second kappa shape index (κ2) is 4.81. The van der Waals surface area contributed by atoms with Crippen LogP contribution in [0.5, 0.6) is 11.5 Å². The molecular weight excluding hydrogens is 251 g/mol. The molecule has 0 unspecified atom stereocenters. The monoisotopic (exact) mass is 256 g/mol. The fourth-order valence-electron chi connectivity index (χ4n) is 0.910. The van der Waals surface area contributed by atoms with Crippen LogP contribution in [0.15, 0.2) is 18.2 Å². The van der Waals surface area contributed by atoms with E-state index in [1.807, 2.05) is 0 Å². The van der Waals surface area contributed by atoms with E-state index in [-0.39, 0.29) is 5.02 Å². The second-order valence-corrected chi connectivity index (χ2v) is 2.97. The molecule has 0 heterocycles. The lowest BCUT2D eigenvalue weighted by Gasteiger charge is -2.14. The first-order valence-electron chi connectivity index (χ1n) is 3.86. The molecule has 2 N–H and O–H groups in total. The van der Waals surface area contributed by atoms with Crippen molar-refractivity contribution in [2.75, 3.05) is 0 Å². The largest absolute Gasteiger partial charge is 0.707 e. The molecule has 0 fully saturated rings. The van der Waals surface area contributed by atoms with Gasteiger partial charge in [-0.15, -0.1) is 13.2 Å². The fraction of sp³-hybridized carbons (Fsp3) is 0.143. The number of halogens is 4. The summed E-state index contributed by atoms with van der Waals surface area (Å²) in [6.07, 6.45) is -4.95. The summed E-state index contributed by atoms with van der Waals surface area (Å²) in [5, 5.41) is 16.6. The van der Waals surface area contributed by atoms with Crippen LogP contribution in [-0.4, -0.2) is 23.7 Å². The van der Waals surface area contributed by atoms with Gasteiger partial charge in [-0.25, -0.2) is 0 Å². The van der Waals surface area contributed by atoms with Crippen LogP contribution >= 0.6 is 11.6 Å². The van der Waals surface area contributed by atoms with Gasteiger partial charge in [0.05, 0.1) is 5.02 Å². The number of rotatable bonds is 3. The lowest BCUT2D eigenvalue weighted by Crippen LogP contribution is -2.23. The van der Waals surface area contributed by atoms with Crippen molar-refractivity contribution in [3.63, 3.8) is 0 Å². The molecule has 0 aliphatic rings. The molecule has 0 aliphatic carbocycles. The van der Waals surface area contributed by atoms with Crippen molar-refractivity contribution in [2.24, 2.45) is 0 Å². The second-order valence-electron chi connectivity index (χ2n) is 2.56. The van der Waals surface area contributed by atoms with Gasteiger partial charge in [-0.2, -0.15) is 0 Å². The molecule has 0 bridgehead atoms. The van der Waals surface area contributed by atoms with Gasteiger partial charge in [0.2, 0.25) is 0 Å². The van der Waals surface area contributed by atoms with Crippen LogP contribution in [0.2, 0.25) is 5.02 Å². The van der Waals surface area contributed by atoms with Gasteiger partial charge in [0.25, 0.3) is 0 Å². The third-order valence-electron chi connectivity index (χ3n) is 1.38. The SMILES string of the molecule is OB(O)Oc1cccc(Cl)c1OC(F)(F)F. The number of hydrogen-bond donors (Lipinski definition) is 2. The van der Waals surface area contributed by atoms with Crippen molar-refractivity contribution in [1.29, 1.82) is 0 Å². The summed E-state index contributed by atoms with van der Waals surface area (Å²) in [7, 11) is -2.27. The minimum Gasteiger partial charge on any atom is -0.509 e. The number of para-hydroxylation sites is 1. The highest BCUT2D eigenvalue weighted by Crippen LogP contribution is 2.38. The fourth-order valence-corrected chi connectivity index (χ4v) is 1.11. The molecule has 88 valence electrons. The van der Waals surface area contributed by atoms with E-state index in [1.165, 1.54) is 6.07 Å². The van der Waals surface area contributed by atoms with E-state index in [9.17, 15) is 13.2 Å². The molecule has 0 saturated carbocycles. The first-order chi connectivity index (χ1) is 7.29. The number of benzene rings is 1. The maximum absolute atomic E-state index is 12.0. The van der Waals surface area contributed by atoms with E-state index in [1.54, 1.807) is 0 Å². The molecule has 0 atom stereocenters. The van der Waals surface area contributed by atoms with E-state index >= 15 is 0 Å². The van der Waals surface area contributed by atoms with Crippen LogP contribution < -0.4 is 9.39 Å². The lowest BCUT2D eigenvalue weighted by molar-refractivity contribution is -0.275. The van der Waals surface area contributed by atoms with Crippen molar-refractivity contribution in [2.45, 2.75) is 6.36 Å². The van der Waals surface area contributed by atoms with Crippen molar-refractivity contribution < 1.29 is 32.6 Å². The maximum Gasteiger partial charge on any atom is 0.707 e. The minimum absolute atomic E-state index is 0.365. The summed E-state index contributed by atoms with van der Waals surface area (Å²) in [5.74, 6) is -1.36. The third-order valence-corrected chi connectivity index (χ3v) is 1.68. The average molecular weight is 256 g/mol. The summed E-state index contributed by atoms with van der Waals surface area (Å²) in [6.45, 7) is 0. The van der Waals surface area contributed by atoms with Crippen LogP contribution in [0, 0.1) is 0 Å². The number of ether oxygens (including phenoxy) is 1. The molecule has 4 nitrogen and oxygen atoms in total. The topological polar surface area (TPSA) is 58.9 Å². The predicted octanol–water partition coefficient (Wildman–Crippen LogP) is 1.59. The van der Waals surface area contributed by atoms with Gasteiger partial charge in [0.1, 0.15) is 5.75 Å². The van der Waals surface area contributed by atoms with Gasteiger partial charge >= 0.3 is 13.7 Å². The quantitative estimate of drug-likeness (QED) is 0.806. The highest BCUT2D eigenvalue weighted by Gasteiger charge is 2.34. The molecule has 9 heteroatoms. The minimum atomic E-state index is -4.95. The standard InChI is InChI=1S/C7H5BClF3O4/c9-4-2-1-3-5(16-8(13)14)6(4)15-7(10,11)12/h1-3,13-14H. The summed E-state index contributed by atoms with van der Waals surface area (Å²) in [6, 6.07) is 3.45. The first-order valence-corrected chi connectivity index (χ1v) is 4.24. The summed E-state index contributed by atoms with van der Waals surface area (Å²) in [5.41, 5.74) is 0. The van der Waals surface area contributed by atoms with Crippen LogP contribution in [0.25, 0.3) is 0 Å². The van der Waals surface area contributed by atoms with Gasteiger partial charge < -0.3 is 19.4 Å². The number of hydrogen-bond acceptors (Lipinski definition) is 4. The summed E-state index contributed by atoms with van der Waals surface area (Å²) >= 11 is 5.45. The molecule has 0 aromatic heterocycles. The van der Waals surface area contributed by atoms with Crippen LogP contribution in [0.3, 0.4) is 0 Å². The van der Waals surface area contributed by atoms with Gasteiger partial charge in [0.15, 0.2) is 5.75 Å². The zero-order valence-corrected chi connectivity index (χ0v) is 8.29. The predicted molar refractivity (Wildman–Crippen MR) is 49.0 cm³/mol. The van der Waals surface area contributed by atoms with Crippen molar-refractivity contribution >= 4 is 18.9 Å². The van der Waals surface area contributed by atoms with Gasteiger partial charge in [-0.3, -0.25) is 0 Å². The molecule has 1 aromatic carbocycles. The van der Waals surface area contributed by atoms with Gasteiger partial charge in [0, 0.05) is 0 Å². The third kappa shape index (κ3) is 3.80. The normalized spacial score (nSPS) is 11.1. The Morgan fingerprint density at radius 2 is 1.88 bits per heavy atom. The van der Waals surface area contributed by atoms with E-state index < -0.39 is 25.2 Å². The zero-order valence-electron chi connectivity index (χ0n) is 7.53. The molecular formula is C7H5BClF3O4. The Labute approximate surface area is 93.3 Å². The summed E-state index contributed by atoms with van der Waals surface area (Å²) in [4.78, 5) is 0. The van der Waals surface area contributed by atoms with Crippen molar-refractivity contribution in [3.05, 3.63) is 23.2 Å². The summed E-state index contributed by atoms with van der Waals surface area (Å²) < 4.78 is 43.8. The highest BCUT2D eigenvalue weighted by molar-refractivity contribution is 6.34. The Bertz CT molecular complexity index is 371. The Balaban J connectivity index is 3.03. The molecule has 0 saturated heterocycles. The van der Waals surface area contributed by atoms with E-state index in [0.29, 0.717) is 0 Å². The Hall–Kier alpha value is -1.12. The molecule has 0 amide bonds. The molecule has 0 radical (unpaired) electrons. The van der Waals surface area contributed by atoms with E-state index in [4.69, 9.17) is 21.6 Å². The maximum atomic E-state index is 12.0. The molecule has 1 rings (SSSR count). The van der Waals surface area contributed by atoms with Crippen LogP contribution in [0.4, 0.5) is 13.2 Å². The molecule has 0 spiro atoms. The Morgan fingerprint density at radius 1 is 1.25 bits per heavy atom. The van der Waals surface area contributed by atoms with Gasteiger partial charge in [-0.05, 0) is 12.1 Å².